The van der Waals surface area contributed by atoms with Crippen LogP contribution in [0.1, 0.15) is 82.9 Å². The number of imidazole rings is 1. The number of carbonyl (C=O) groups is 2. The third-order valence-corrected chi connectivity index (χ3v) is 10.3. The number of nitrogens with one attached hydrogen (secondary N) is 1. The lowest BCUT2D eigenvalue weighted by atomic mass is 9.97. The summed E-state index contributed by atoms with van der Waals surface area (Å²) in [4.78, 5) is 43.2. The first-order valence-electron chi connectivity index (χ1n) is 16.6. The molecule has 4 atom stereocenters. The highest BCUT2D eigenvalue weighted by atomic mass is 16.5. The fourth-order valence-corrected chi connectivity index (χ4v) is 7.57. The number of aryl methyl sites for hydroxylation is 2. The molecule has 0 unspecified atom stereocenters. The van der Waals surface area contributed by atoms with E-state index in [1.807, 2.05) is 54.3 Å². The van der Waals surface area contributed by atoms with Crippen LogP contribution in [0, 0.1) is 19.8 Å². The molecule has 0 aromatic carbocycles. The lowest BCUT2D eigenvalue weighted by molar-refractivity contribution is 0.0725. The Bertz CT molecular complexity index is 2040. The van der Waals surface area contributed by atoms with Crippen LogP contribution in [0.15, 0.2) is 48.7 Å². The minimum atomic E-state index is -0.307. The summed E-state index contributed by atoms with van der Waals surface area (Å²) in [7, 11) is 1.63. The zero-order valence-corrected chi connectivity index (χ0v) is 27.2. The average Bonchev–Trinajstić information content (AvgIpc) is 3.38. The van der Waals surface area contributed by atoms with Crippen LogP contribution in [-0.4, -0.2) is 65.9 Å². The van der Waals surface area contributed by atoms with Crippen LogP contribution in [0.5, 0.6) is 5.88 Å². The summed E-state index contributed by atoms with van der Waals surface area (Å²) in [6.45, 7) is 6.71. The molecule has 7 heterocycles. The second-order valence-electron chi connectivity index (χ2n) is 13.6. The molecule has 2 amide bonds. The van der Waals surface area contributed by atoms with Crippen LogP contribution in [0.2, 0.25) is 0 Å². The summed E-state index contributed by atoms with van der Waals surface area (Å²) in [5, 5.41) is 4.08. The number of nitrogens with zero attached hydrogens (tertiary/aromatic N) is 6. The number of carbonyl (C=O) groups excluding carboxylic acids is 2. The molecule has 3 N–H and O–H groups in total. The second-order valence-corrected chi connectivity index (χ2v) is 13.6. The van der Waals surface area contributed by atoms with Gasteiger partial charge in [0.1, 0.15) is 17.0 Å². The van der Waals surface area contributed by atoms with Gasteiger partial charge in [-0.15, -0.1) is 0 Å². The van der Waals surface area contributed by atoms with Gasteiger partial charge in [0.05, 0.1) is 35.8 Å². The summed E-state index contributed by atoms with van der Waals surface area (Å²) in [6.07, 6.45) is 6.78. The third-order valence-electron chi connectivity index (χ3n) is 10.3. The molecule has 242 valence electrons. The highest BCUT2D eigenvalue weighted by molar-refractivity contribution is 5.97. The lowest BCUT2D eigenvalue weighted by Crippen LogP contribution is -2.40. The maximum atomic E-state index is 13.8. The number of pyridine rings is 3. The van der Waals surface area contributed by atoms with E-state index in [1.165, 1.54) is 12.8 Å². The van der Waals surface area contributed by atoms with Gasteiger partial charge in [-0.3, -0.25) is 19.0 Å². The van der Waals surface area contributed by atoms with Crippen molar-refractivity contribution >= 4 is 28.5 Å². The number of nitrogens with two attached hydrogens (primary N) is 1. The number of ether oxygens (including phenoxy) is 1. The lowest BCUT2D eigenvalue weighted by Gasteiger charge is -2.23. The standard InChI is InChI=1S/C36H40N8O3/c1-19-5-8-24(17-38-19)35(45)39-20(2)28-11-9-23-13-30(42(34(23)40-28)18-22-6-7-22)33-21(3)43-31(41-33)14-25(15-32(43)47-4)36(46)44-26-10-12-29(44)27(37)16-26/h5,8-9,11,13-15,17,20,22,26-27,29H,6-7,10,12,16,18,37H2,1-4H3,(H,39,45)/t20-,26+,27-,29-/m1/s1. The molecule has 11 heteroatoms. The molecule has 0 spiro atoms. The Morgan fingerprint density at radius 2 is 1.87 bits per heavy atom. The molecule has 0 radical (unpaired) electrons. The van der Waals surface area contributed by atoms with Crippen LogP contribution < -0.4 is 15.8 Å². The highest BCUT2D eigenvalue weighted by Crippen LogP contribution is 2.40. The molecule has 47 heavy (non-hydrogen) atoms. The van der Waals surface area contributed by atoms with Gasteiger partial charge in [-0.2, -0.15) is 0 Å². The third kappa shape index (κ3) is 5.04. The van der Waals surface area contributed by atoms with E-state index in [9.17, 15) is 9.59 Å². The summed E-state index contributed by atoms with van der Waals surface area (Å²) in [6, 6.07) is 13.5. The molecule has 11 nitrogen and oxygen atoms in total. The molecule has 3 fully saturated rings. The summed E-state index contributed by atoms with van der Waals surface area (Å²) in [5.41, 5.74) is 13.3. The van der Waals surface area contributed by atoms with E-state index >= 15 is 0 Å². The summed E-state index contributed by atoms with van der Waals surface area (Å²) in [5.74, 6) is 0.956. The van der Waals surface area contributed by atoms with E-state index in [0.29, 0.717) is 28.6 Å². The van der Waals surface area contributed by atoms with Gasteiger partial charge < -0.3 is 25.3 Å². The number of aromatic nitrogens is 5. The van der Waals surface area contributed by atoms with Crippen molar-refractivity contribution in [2.45, 2.75) is 83.6 Å². The molecule has 1 aliphatic carbocycles. The molecule has 5 aromatic heterocycles. The average molecular weight is 633 g/mol. The van der Waals surface area contributed by atoms with Gasteiger partial charge in [0, 0.05) is 53.6 Å². The zero-order valence-electron chi connectivity index (χ0n) is 27.2. The Labute approximate surface area is 273 Å². The quantitative estimate of drug-likeness (QED) is 0.247. The van der Waals surface area contributed by atoms with Crippen LogP contribution in [0.3, 0.4) is 0 Å². The van der Waals surface area contributed by atoms with Crippen molar-refractivity contribution in [3.63, 3.8) is 0 Å². The van der Waals surface area contributed by atoms with Crippen LogP contribution in [0.25, 0.3) is 28.1 Å². The first kappa shape index (κ1) is 29.6. The van der Waals surface area contributed by atoms with Crippen molar-refractivity contribution in [3.8, 4) is 17.3 Å². The van der Waals surface area contributed by atoms with Crippen molar-refractivity contribution in [1.82, 2.24) is 34.1 Å². The van der Waals surface area contributed by atoms with Crippen molar-refractivity contribution in [3.05, 3.63) is 76.9 Å². The first-order chi connectivity index (χ1) is 22.7. The van der Waals surface area contributed by atoms with Gasteiger partial charge in [-0.1, -0.05) is 0 Å². The number of amides is 2. The van der Waals surface area contributed by atoms with E-state index < -0.39 is 0 Å². The zero-order chi connectivity index (χ0) is 32.6. The van der Waals surface area contributed by atoms with Crippen LogP contribution in [0.4, 0.5) is 0 Å². The molecule has 1 saturated carbocycles. The summed E-state index contributed by atoms with van der Waals surface area (Å²) >= 11 is 0. The second kappa shape index (κ2) is 11.2. The molecule has 2 saturated heterocycles. The monoisotopic (exact) mass is 632 g/mol. The Balaban J connectivity index is 1.16. The fraction of sp³-hybridized carbons (Fsp3) is 0.417. The predicted molar refractivity (Wildman–Crippen MR) is 178 cm³/mol. The fourth-order valence-electron chi connectivity index (χ4n) is 7.57. The SMILES string of the molecule is COc1cc(C(=O)N2[C@H]3CC[C@@H]2[C@H](N)C3)cc2nc(-c3cc4ccc([C@@H](C)NC(=O)c5ccc(C)nc5)nc4n3CC3CC3)c(C)n12. The number of hydrogen-bond donors (Lipinski definition) is 2. The smallest absolute Gasteiger partial charge is 0.254 e. The van der Waals surface area contributed by atoms with E-state index in [-0.39, 0.29) is 36.0 Å². The maximum Gasteiger partial charge on any atom is 0.254 e. The molecule has 2 aliphatic heterocycles. The number of methoxy groups -OCH3 is 1. The van der Waals surface area contributed by atoms with Crippen molar-refractivity contribution in [1.29, 1.82) is 0 Å². The Morgan fingerprint density at radius 1 is 1.04 bits per heavy atom. The van der Waals surface area contributed by atoms with E-state index in [4.69, 9.17) is 20.4 Å². The molecule has 3 aliphatic rings. The highest BCUT2D eigenvalue weighted by Gasteiger charge is 2.47. The Hall–Kier alpha value is -4.77. The van der Waals surface area contributed by atoms with Gasteiger partial charge in [-0.05, 0) is 95.2 Å². The van der Waals surface area contributed by atoms with Gasteiger partial charge in [0.15, 0.2) is 5.88 Å². The van der Waals surface area contributed by atoms with E-state index in [2.05, 4.69) is 27.0 Å². The first-order valence-corrected chi connectivity index (χ1v) is 16.6. The topological polar surface area (TPSA) is 133 Å². The summed E-state index contributed by atoms with van der Waals surface area (Å²) < 4.78 is 10.1. The minimum Gasteiger partial charge on any atom is -0.482 e. The number of fused-ring (bicyclic) bond motifs is 4. The minimum absolute atomic E-state index is 0.00659. The maximum absolute atomic E-state index is 13.8. The largest absolute Gasteiger partial charge is 0.482 e. The Kier molecular flexibility index (Phi) is 7.05. The van der Waals surface area contributed by atoms with Crippen molar-refractivity contribution in [2.75, 3.05) is 7.11 Å². The molecule has 5 aromatic rings. The van der Waals surface area contributed by atoms with E-state index in [1.54, 1.807) is 19.4 Å². The van der Waals surface area contributed by atoms with Gasteiger partial charge in [0.25, 0.3) is 11.8 Å². The van der Waals surface area contributed by atoms with Gasteiger partial charge in [0.2, 0.25) is 0 Å². The van der Waals surface area contributed by atoms with Crippen LogP contribution in [-0.2, 0) is 6.54 Å². The van der Waals surface area contributed by atoms with E-state index in [0.717, 1.165) is 65.3 Å². The molecular weight excluding hydrogens is 592 g/mol. The molecular formula is C36H40N8O3. The Morgan fingerprint density at radius 3 is 2.55 bits per heavy atom. The van der Waals surface area contributed by atoms with Gasteiger partial charge in [-0.25, -0.2) is 9.97 Å². The number of hydrogen-bond acceptors (Lipinski definition) is 7. The number of rotatable bonds is 8. The van der Waals surface area contributed by atoms with Gasteiger partial charge >= 0.3 is 0 Å². The predicted octanol–water partition coefficient (Wildman–Crippen LogP) is 4.98. The van der Waals surface area contributed by atoms with Crippen molar-refractivity contribution in [2.24, 2.45) is 11.7 Å². The normalized spacial score (nSPS) is 21.1. The van der Waals surface area contributed by atoms with Crippen molar-refractivity contribution < 1.29 is 14.3 Å². The molecule has 8 rings (SSSR count). The van der Waals surface area contributed by atoms with Crippen LogP contribution >= 0.6 is 0 Å². The molecule has 2 bridgehead atoms.